The van der Waals surface area contributed by atoms with Crippen LogP contribution < -0.4 is 0 Å². The first-order chi connectivity index (χ1) is 9.65. The average Bonchev–Trinajstić information content (AvgIpc) is 2.43. The molecule has 0 aliphatic rings. The van der Waals surface area contributed by atoms with Gasteiger partial charge in [0.1, 0.15) is 13.2 Å². The van der Waals surface area contributed by atoms with Crippen LogP contribution in [0.5, 0.6) is 0 Å². The van der Waals surface area contributed by atoms with E-state index in [0.717, 1.165) is 6.92 Å². The molecule has 0 amide bonds. The number of rotatable bonds is 11. The summed E-state index contributed by atoms with van der Waals surface area (Å²) in [5.74, 6) is -0.833. The van der Waals surface area contributed by atoms with Gasteiger partial charge in [-0.3, -0.25) is 4.79 Å². The van der Waals surface area contributed by atoms with Crippen molar-refractivity contribution in [3.05, 3.63) is 0 Å². The molecule has 0 unspecified atom stereocenters. The Labute approximate surface area is 133 Å². The van der Waals surface area contributed by atoms with Crippen LogP contribution in [0.2, 0.25) is 0 Å². The predicted molar refractivity (Wildman–Crippen MR) is 61.7 cm³/mol. The Morgan fingerprint density at radius 1 is 0.850 bits per heavy atom. The van der Waals surface area contributed by atoms with Gasteiger partial charge in [-0.1, -0.05) is 0 Å². The van der Waals surface area contributed by atoms with Crippen molar-refractivity contribution in [3.8, 4) is 0 Å². The van der Waals surface area contributed by atoms with Gasteiger partial charge in [-0.15, -0.1) is 0 Å². The van der Waals surface area contributed by atoms with Crippen molar-refractivity contribution in [2.24, 2.45) is 0 Å². The van der Waals surface area contributed by atoms with Crippen molar-refractivity contribution in [1.29, 1.82) is 0 Å². The second-order valence-electron chi connectivity index (χ2n) is 2.83. The van der Waals surface area contributed by atoms with E-state index in [1.165, 1.54) is 0 Å². The summed E-state index contributed by atoms with van der Waals surface area (Å²) < 4.78 is 18.2. The molecule has 0 atom stereocenters. The summed E-state index contributed by atoms with van der Waals surface area (Å²) in [6.45, 7) is 3.13. The number of aliphatic carboxylic acids is 1. The molecule has 0 aromatic carbocycles. The second-order valence-corrected chi connectivity index (χ2v) is 2.83. The van der Waals surface area contributed by atoms with Gasteiger partial charge in [-0.05, 0) is 0 Å². The first-order valence-electron chi connectivity index (χ1n) is 5.66. The average molecular weight is 378 g/mol. The van der Waals surface area contributed by atoms with Gasteiger partial charge in [0.25, 0.3) is 5.97 Å². The topological polar surface area (TPSA) is 132 Å². The number of carbonyl (C=O) groups is 1. The van der Waals surface area contributed by atoms with E-state index in [-0.39, 0.29) is 13.2 Å². The van der Waals surface area contributed by atoms with E-state index in [1.54, 1.807) is 0 Å². The van der Waals surface area contributed by atoms with Gasteiger partial charge in [-0.2, -0.15) is 0 Å². The fourth-order valence-electron chi connectivity index (χ4n) is 0.637. The fraction of sp³-hybridized carbons (Fsp3) is 0.900. The van der Waals surface area contributed by atoms with Gasteiger partial charge >= 0.3 is 27.5 Å². The SMILES string of the molecule is CC(=O)O.OCCOCCOOCCOCCO.[O]=[Zr]. The first kappa shape index (κ1) is 24.9. The number of carboxylic acids is 1. The molecule has 0 fully saturated rings. The minimum absolute atomic E-state index is 0.00978. The first-order valence-corrected chi connectivity index (χ1v) is 6.67. The van der Waals surface area contributed by atoms with E-state index in [0.29, 0.717) is 64.4 Å². The van der Waals surface area contributed by atoms with Crippen LogP contribution in [-0.4, -0.2) is 74.1 Å². The quantitative estimate of drug-likeness (QED) is 0.234. The second kappa shape index (κ2) is 27.3. The molecule has 10 heteroatoms. The zero-order valence-electron chi connectivity index (χ0n) is 11.4. The normalized spacial score (nSPS) is 8.90. The number of carboxylic acid groups (broad SMARTS) is 1. The van der Waals surface area contributed by atoms with Crippen molar-refractivity contribution in [3.63, 3.8) is 0 Å². The van der Waals surface area contributed by atoms with Crippen molar-refractivity contribution < 1.29 is 66.9 Å². The number of ether oxygens (including phenoxy) is 2. The van der Waals surface area contributed by atoms with Crippen LogP contribution >= 0.6 is 0 Å². The Morgan fingerprint density at radius 2 is 1.15 bits per heavy atom. The predicted octanol–water partition coefficient (Wildman–Crippen LogP) is -1.08. The Morgan fingerprint density at radius 3 is 1.40 bits per heavy atom. The number of hydrogen-bond acceptors (Lipinski definition) is 8. The molecule has 3 N–H and O–H groups in total. The monoisotopic (exact) mass is 376 g/mol. The van der Waals surface area contributed by atoms with E-state index in [2.05, 4.69) is 0 Å². The van der Waals surface area contributed by atoms with Gasteiger partial charge < -0.3 is 24.8 Å². The standard InChI is InChI=1S/C8H18O6.C2H4O2.O.Zr/c9-1-3-11-5-7-13-14-8-6-12-4-2-10;1-2(3)4;;/h9-10H,1-8H2;1H3,(H,3,4);;. The van der Waals surface area contributed by atoms with Crippen molar-refractivity contribution >= 4 is 5.97 Å². The third-order valence-electron chi connectivity index (χ3n) is 1.18. The summed E-state index contributed by atoms with van der Waals surface area (Å²) in [5, 5.41) is 24.1. The van der Waals surface area contributed by atoms with Gasteiger partial charge in [0.2, 0.25) is 0 Å². The summed E-state index contributed by atoms with van der Waals surface area (Å²) in [4.78, 5) is 18.4. The molecule has 0 aromatic heterocycles. The Kier molecular flexibility index (Phi) is 34.0. The summed E-state index contributed by atoms with van der Waals surface area (Å²) in [6, 6.07) is 0. The van der Waals surface area contributed by atoms with E-state index in [1.807, 2.05) is 0 Å². The molecule has 0 aliphatic carbocycles. The van der Waals surface area contributed by atoms with Crippen LogP contribution in [0, 0.1) is 0 Å². The zero-order valence-corrected chi connectivity index (χ0v) is 13.9. The van der Waals surface area contributed by atoms with Gasteiger partial charge in [0.05, 0.1) is 39.6 Å². The van der Waals surface area contributed by atoms with E-state index in [4.69, 9.17) is 42.2 Å². The van der Waals surface area contributed by atoms with Gasteiger partial charge in [0.15, 0.2) is 0 Å². The van der Waals surface area contributed by atoms with E-state index < -0.39 is 5.97 Å². The van der Waals surface area contributed by atoms with Crippen molar-refractivity contribution in [2.75, 3.05) is 52.9 Å². The van der Waals surface area contributed by atoms with Crippen molar-refractivity contribution in [2.45, 2.75) is 6.92 Å². The Balaban J connectivity index is -0.000000410. The molecule has 0 saturated heterocycles. The molecule has 20 heavy (non-hydrogen) atoms. The number of aliphatic hydroxyl groups is 2. The third kappa shape index (κ3) is 43.0. The molecule has 0 bridgehead atoms. The molecule has 0 spiro atoms. The van der Waals surface area contributed by atoms with Crippen LogP contribution in [0.15, 0.2) is 0 Å². The van der Waals surface area contributed by atoms with Crippen LogP contribution in [-0.2, 0) is 51.6 Å². The Hall–Kier alpha value is -0.0869. The van der Waals surface area contributed by atoms with Crippen LogP contribution in [0.25, 0.3) is 0 Å². The molecule has 0 aromatic rings. The molecule has 0 radical (unpaired) electrons. The van der Waals surface area contributed by atoms with Crippen molar-refractivity contribution in [1.82, 2.24) is 0 Å². The van der Waals surface area contributed by atoms with Crippen LogP contribution in [0.3, 0.4) is 0 Å². The van der Waals surface area contributed by atoms with Gasteiger partial charge in [0, 0.05) is 6.92 Å². The zero-order chi connectivity index (χ0) is 16.1. The Bertz CT molecular complexity index is 166. The molecular weight excluding hydrogens is 355 g/mol. The van der Waals surface area contributed by atoms with E-state index in [9.17, 15) is 0 Å². The maximum atomic E-state index is 9.00. The third-order valence-corrected chi connectivity index (χ3v) is 1.18. The van der Waals surface area contributed by atoms with Crippen LogP contribution in [0.1, 0.15) is 6.92 Å². The molecule has 9 nitrogen and oxygen atoms in total. The molecule has 0 saturated carbocycles. The molecule has 0 rings (SSSR count). The number of hydrogen-bond donors (Lipinski definition) is 3. The number of aliphatic hydroxyl groups excluding tert-OH is 2. The maximum absolute atomic E-state index is 9.00. The molecular formula is C10H22O9Zr. The molecule has 0 heterocycles. The summed E-state index contributed by atoms with van der Waals surface area (Å²) >= 11 is 0.300. The van der Waals surface area contributed by atoms with Crippen LogP contribution in [0.4, 0.5) is 0 Å². The minimum atomic E-state index is -0.833. The summed E-state index contributed by atoms with van der Waals surface area (Å²) in [6.07, 6.45) is 0. The summed E-state index contributed by atoms with van der Waals surface area (Å²) in [5.41, 5.74) is 0. The van der Waals surface area contributed by atoms with E-state index >= 15 is 0 Å². The fourth-order valence-corrected chi connectivity index (χ4v) is 0.637. The molecule has 120 valence electrons. The molecule has 0 aliphatic heterocycles. The summed E-state index contributed by atoms with van der Waals surface area (Å²) in [7, 11) is 0. The van der Waals surface area contributed by atoms with Gasteiger partial charge in [-0.25, -0.2) is 9.78 Å².